The fourth-order valence-corrected chi connectivity index (χ4v) is 3.02. The van der Waals surface area contributed by atoms with Crippen molar-refractivity contribution in [3.8, 4) is 5.75 Å². The monoisotopic (exact) mass is 285 g/mol. The van der Waals surface area contributed by atoms with Crippen LogP contribution in [0, 0.1) is 13.8 Å². The number of oxazole rings is 1. The van der Waals surface area contributed by atoms with Crippen LogP contribution in [0.5, 0.6) is 5.75 Å². The Balaban J connectivity index is 1.89. The van der Waals surface area contributed by atoms with E-state index >= 15 is 0 Å². The molecule has 0 radical (unpaired) electrons. The number of fused-ring (bicyclic) bond motifs is 1. The molecule has 3 rings (SSSR count). The van der Waals surface area contributed by atoms with Gasteiger partial charge in [0.2, 0.25) is 5.89 Å². The van der Waals surface area contributed by atoms with Crippen molar-refractivity contribution in [2.24, 2.45) is 0 Å². The molecule has 0 atom stereocenters. The second-order valence-corrected chi connectivity index (χ2v) is 5.68. The third-order valence-corrected chi connectivity index (χ3v) is 4.34. The molecule has 0 aliphatic carbocycles. The summed E-state index contributed by atoms with van der Waals surface area (Å²) in [5.74, 6) is 2.61. The van der Waals surface area contributed by atoms with Crippen molar-refractivity contribution >= 4 is 22.5 Å². The molecule has 0 saturated carbocycles. The fourth-order valence-electron chi connectivity index (χ4n) is 2.12. The topological polar surface area (TPSA) is 46.3 Å². The number of benzene rings is 2. The van der Waals surface area contributed by atoms with Gasteiger partial charge in [-0.3, -0.25) is 0 Å². The van der Waals surface area contributed by atoms with Gasteiger partial charge >= 0.3 is 0 Å². The normalized spacial score (nSPS) is 11.1. The molecule has 0 unspecified atom stereocenters. The highest BCUT2D eigenvalue weighted by Crippen LogP contribution is 2.34. The molecule has 1 aromatic heterocycles. The van der Waals surface area contributed by atoms with Gasteiger partial charge in [-0.1, -0.05) is 24.3 Å². The van der Waals surface area contributed by atoms with Gasteiger partial charge < -0.3 is 9.52 Å². The molecule has 1 N–H and O–H groups in total. The molecule has 0 saturated heterocycles. The summed E-state index contributed by atoms with van der Waals surface area (Å²) in [4.78, 5) is 5.50. The van der Waals surface area contributed by atoms with Gasteiger partial charge in [0.05, 0.1) is 11.4 Å². The first kappa shape index (κ1) is 13.1. The number of phenols is 1. The van der Waals surface area contributed by atoms with E-state index in [0.717, 1.165) is 33.0 Å². The van der Waals surface area contributed by atoms with Gasteiger partial charge in [-0.25, -0.2) is 4.98 Å². The van der Waals surface area contributed by atoms with E-state index in [1.54, 1.807) is 17.8 Å². The molecule has 102 valence electrons. The zero-order chi connectivity index (χ0) is 14.1. The molecule has 0 aliphatic heterocycles. The summed E-state index contributed by atoms with van der Waals surface area (Å²) < 4.78 is 5.59. The van der Waals surface area contributed by atoms with Crippen molar-refractivity contribution in [1.82, 2.24) is 4.98 Å². The lowest BCUT2D eigenvalue weighted by Crippen LogP contribution is -1.83. The molecule has 0 bridgehead atoms. The van der Waals surface area contributed by atoms with Gasteiger partial charge in [0.25, 0.3) is 0 Å². The average Bonchev–Trinajstić information content (AvgIpc) is 2.77. The zero-order valence-electron chi connectivity index (χ0n) is 11.4. The van der Waals surface area contributed by atoms with Crippen molar-refractivity contribution in [2.45, 2.75) is 24.5 Å². The smallest absolute Gasteiger partial charge is 0.204 e. The second-order valence-electron chi connectivity index (χ2n) is 4.67. The van der Waals surface area contributed by atoms with Crippen molar-refractivity contribution < 1.29 is 9.52 Å². The van der Waals surface area contributed by atoms with E-state index in [9.17, 15) is 5.11 Å². The van der Waals surface area contributed by atoms with E-state index in [-0.39, 0.29) is 0 Å². The predicted octanol–water partition coefficient (Wildman–Crippen LogP) is 4.44. The van der Waals surface area contributed by atoms with Crippen LogP contribution in [0.25, 0.3) is 10.8 Å². The first-order valence-electron chi connectivity index (χ1n) is 6.41. The van der Waals surface area contributed by atoms with Crippen LogP contribution in [0.4, 0.5) is 0 Å². The van der Waals surface area contributed by atoms with E-state index in [0.29, 0.717) is 11.5 Å². The fraction of sp³-hybridized carbons (Fsp3) is 0.188. The van der Waals surface area contributed by atoms with Crippen LogP contribution >= 0.6 is 11.8 Å². The maximum Gasteiger partial charge on any atom is 0.204 e. The molecule has 4 heteroatoms. The van der Waals surface area contributed by atoms with E-state index in [4.69, 9.17) is 4.42 Å². The summed E-state index contributed by atoms with van der Waals surface area (Å²) in [7, 11) is 0. The molecule has 3 nitrogen and oxygen atoms in total. The van der Waals surface area contributed by atoms with Crippen LogP contribution in [-0.2, 0) is 5.75 Å². The van der Waals surface area contributed by atoms with Crippen LogP contribution in [0.3, 0.4) is 0 Å². The molecule has 20 heavy (non-hydrogen) atoms. The predicted molar refractivity (Wildman–Crippen MR) is 81.2 cm³/mol. The first-order chi connectivity index (χ1) is 9.65. The van der Waals surface area contributed by atoms with E-state index < -0.39 is 0 Å². The summed E-state index contributed by atoms with van der Waals surface area (Å²) in [5.41, 5.74) is 0.941. The first-order valence-corrected chi connectivity index (χ1v) is 7.40. The van der Waals surface area contributed by atoms with E-state index in [1.807, 2.05) is 44.2 Å². The Bertz CT molecular complexity index is 745. The van der Waals surface area contributed by atoms with Crippen molar-refractivity contribution in [3.05, 3.63) is 53.7 Å². The SMILES string of the molecule is Cc1nc(CSc2ccc(O)c3ccccc23)oc1C. The van der Waals surface area contributed by atoms with Gasteiger partial charge in [-0.15, -0.1) is 11.8 Å². The molecular formula is C16H15NO2S. The molecule has 1 heterocycles. The maximum atomic E-state index is 9.88. The highest BCUT2D eigenvalue weighted by molar-refractivity contribution is 7.98. The summed E-state index contributed by atoms with van der Waals surface area (Å²) in [5, 5.41) is 11.8. The minimum atomic E-state index is 0.313. The van der Waals surface area contributed by atoms with E-state index in [2.05, 4.69) is 4.98 Å². The number of hydrogen-bond acceptors (Lipinski definition) is 4. The van der Waals surface area contributed by atoms with Gasteiger partial charge in [-0.05, 0) is 31.4 Å². The summed E-state index contributed by atoms with van der Waals surface area (Å²) in [6, 6.07) is 11.5. The van der Waals surface area contributed by atoms with Crippen LogP contribution in [0.1, 0.15) is 17.3 Å². The Morgan fingerprint density at radius 3 is 2.55 bits per heavy atom. The van der Waals surface area contributed by atoms with Gasteiger partial charge in [0, 0.05) is 10.3 Å². The largest absolute Gasteiger partial charge is 0.507 e. The molecular weight excluding hydrogens is 270 g/mol. The number of nitrogens with zero attached hydrogens (tertiary/aromatic N) is 1. The quantitative estimate of drug-likeness (QED) is 0.722. The van der Waals surface area contributed by atoms with Crippen molar-refractivity contribution in [2.75, 3.05) is 0 Å². The van der Waals surface area contributed by atoms with Crippen LogP contribution in [-0.4, -0.2) is 10.1 Å². The second kappa shape index (κ2) is 5.21. The summed E-state index contributed by atoms with van der Waals surface area (Å²) >= 11 is 1.67. The third-order valence-electron chi connectivity index (χ3n) is 3.29. The Hall–Kier alpha value is -1.94. The lowest BCUT2D eigenvalue weighted by molar-refractivity contribution is 0.481. The van der Waals surface area contributed by atoms with Crippen molar-refractivity contribution in [1.29, 1.82) is 0 Å². The van der Waals surface area contributed by atoms with Gasteiger partial charge in [0.1, 0.15) is 11.5 Å². The maximum absolute atomic E-state index is 9.88. The molecule has 3 aromatic rings. The van der Waals surface area contributed by atoms with Crippen LogP contribution in [0.15, 0.2) is 45.7 Å². The molecule has 0 aliphatic rings. The molecule has 2 aromatic carbocycles. The molecule has 0 amide bonds. The Morgan fingerprint density at radius 2 is 1.85 bits per heavy atom. The lowest BCUT2D eigenvalue weighted by atomic mass is 10.1. The number of thioether (sulfide) groups is 1. The number of rotatable bonds is 3. The third kappa shape index (κ3) is 2.39. The van der Waals surface area contributed by atoms with Gasteiger partial charge in [-0.2, -0.15) is 0 Å². The highest BCUT2D eigenvalue weighted by Gasteiger charge is 2.09. The van der Waals surface area contributed by atoms with Crippen molar-refractivity contribution in [3.63, 3.8) is 0 Å². The zero-order valence-corrected chi connectivity index (χ0v) is 12.2. The lowest BCUT2D eigenvalue weighted by Gasteiger charge is -2.06. The minimum Gasteiger partial charge on any atom is -0.507 e. The van der Waals surface area contributed by atoms with Gasteiger partial charge in [0.15, 0.2) is 0 Å². The molecule has 0 fully saturated rings. The Labute approximate surface area is 121 Å². The van der Waals surface area contributed by atoms with Crippen LogP contribution in [0.2, 0.25) is 0 Å². The summed E-state index contributed by atoms with van der Waals surface area (Å²) in [6.07, 6.45) is 0. The van der Waals surface area contributed by atoms with E-state index in [1.165, 1.54) is 0 Å². The number of hydrogen-bond donors (Lipinski definition) is 1. The highest BCUT2D eigenvalue weighted by atomic mass is 32.2. The number of aromatic nitrogens is 1. The standard InChI is InChI=1S/C16H15NO2S/c1-10-11(2)19-16(17-10)9-20-15-8-7-14(18)12-5-3-4-6-13(12)15/h3-8,18H,9H2,1-2H3. The van der Waals surface area contributed by atoms with Crippen LogP contribution < -0.4 is 0 Å². The number of phenolic OH excluding ortho intramolecular Hbond substituents is 1. The molecule has 0 spiro atoms. The number of aryl methyl sites for hydroxylation is 2. The number of aromatic hydroxyl groups is 1. The minimum absolute atomic E-state index is 0.313. The Kier molecular flexibility index (Phi) is 3.40. The average molecular weight is 285 g/mol. The Morgan fingerprint density at radius 1 is 1.10 bits per heavy atom. The summed E-state index contributed by atoms with van der Waals surface area (Å²) in [6.45, 7) is 3.87.